The number of nitrogens with one attached hydrogen (secondary N) is 1. The first-order valence-corrected chi connectivity index (χ1v) is 9.29. The van der Waals surface area contributed by atoms with Gasteiger partial charge < -0.3 is 9.30 Å². The van der Waals surface area contributed by atoms with Crippen LogP contribution in [0.25, 0.3) is 0 Å². The molecule has 2 aliphatic heterocycles. The van der Waals surface area contributed by atoms with Crippen molar-refractivity contribution < 1.29 is 4.74 Å². The van der Waals surface area contributed by atoms with Crippen LogP contribution in [0.2, 0.25) is 0 Å². The molecule has 6 nitrogen and oxygen atoms in total. The smallest absolute Gasteiger partial charge is 0.250 e. The van der Waals surface area contributed by atoms with E-state index in [0.717, 1.165) is 65.1 Å². The molecule has 0 radical (unpaired) electrons. The van der Waals surface area contributed by atoms with Gasteiger partial charge in [0.05, 0.1) is 6.20 Å². The molecule has 4 rings (SSSR count). The maximum absolute atomic E-state index is 12.5. The largest absolute Gasteiger partial charge is 0.381 e. The molecular formula is C19H26N4O2. The van der Waals surface area contributed by atoms with Crippen LogP contribution in [-0.4, -0.2) is 46.0 Å². The predicted octanol–water partition coefficient (Wildman–Crippen LogP) is 1.60. The zero-order valence-electron chi connectivity index (χ0n) is 14.6. The Morgan fingerprint density at radius 2 is 2.04 bits per heavy atom. The highest BCUT2D eigenvalue weighted by Gasteiger charge is 2.21. The van der Waals surface area contributed by atoms with Gasteiger partial charge in [-0.2, -0.15) is 5.10 Å². The molecule has 0 unspecified atom stereocenters. The SMILES string of the molecule is O=c1ccc2c(n1CC1CCOCC1)CCN(Cc1cn[nH]c1)CC2. The van der Waals surface area contributed by atoms with Crippen molar-refractivity contribution in [1.82, 2.24) is 19.7 Å². The lowest BCUT2D eigenvalue weighted by molar-refractivity contribution is 0.0606. The first-order valence-electron chi connectivity index (χ1n) is 9.29. The number of pyridine rings is 1. The molecule has 0 spiro atoms. The zero-order valence-corrected chi connectivity index (χ0v) is 14.6. The van der Waals surface area contributed by atoms with Crippen molar-refractivity contribution in [1.29, 1.82) is 0 Å². The topological polar surface area (TPSA) is 63.1 Å². The summed E-state index contributed by atoms with van der Waals surface area (Å²) < 4.78 is 7.51. The van der Waals surface area contributed by atoms with Crippen LogP contribution in [0.15, 0.2) is 29.3 Å². The van der Waals surface area contributed by atoms with Gasteiger partial charge in [0.25, 0.3) is 5.56 Å². The molecule has 1 saturated heterocycles. The van der Waals surface area contributed by atoms with Crippen LogP contribution in [0, 0.1) is 5.92 Å². The minimum atomic E-state index is 0.147. The van der Waals surface area contributed by atoms with Crippen LogP contribution in [0.1, 0.15) is 29.7 Å². The lowest BCUT2D eigenvalue weighted by Gasteiger charge is -2.25. The molecule has 0 saturated carbocycles. The summed E-state index contributed by atoms with van der Waals surface area (Å²) in [6.45, 7) is 5.41. The fourth-order valence-electron chi connectivity index (χ4n) is 4.01. The molecule has 25 heavy (non-hydrogen) atoms. The highest BCUT2D eigenvalue weighted by Crippen LogP contribution is 2.20. The van der Waals surface area contributed by atoms with E-state index in [4.69, 9.17) is 4.74 Å². The Morgan fingerprint density at radius 1 is 1.20 bits per heavy atom. The van der Waals surface area contributed by atoms with E-state index in [0.29, 0.717) is 5.92 Å². The van der Waals surface area contributed by atoms with Gasteiger partial charge in [0, 0.05) is 69.3 Å². The van der Waals surface area contributed by atoms with Crippen molar-refractivity contribution in [3.8, 4) is 0 Å². The van der Waals surface area contributed by atoms with E-state index in [2.05, 4.69) is 15.1 Å². The van der Waals surface area contributed by atoms with Gasteiger partial charge in [-0.3, -0.25) is 14.8 Å². The molecule has 2 aliphatic rings. The van der Waals surface area contributed by atoms with Crippen LogP contribution in [-0.2, 0) is 30.7 Å². The van der Waals surface area contributed by atoms with Crippen molar-refractivity contribution in [2.24, 2.45) is 5.92 Å². The zero-order chi connectivity index (χ0) is 17.1. The van der Waals surface area contributed by atoms with E-state index in [-0.39, 0.29) is 5.56 Å². The molecule has 0 aliphatic carbocycles. The molecule has 2 aromatic rings. The average Bonchev–Trinajstić information content (AvgIpc) is 3.06. The lowest BCUT2D eigenvalue weighted by atomic mass is 9.99. The third-order valence-electron chi connectivity index (χ3n) is 5.49. The van der Waals surface area contributed by atoms with Gasteiger partial charge in [-0.05, 0) is 30.7 Å². The first-order chi connectivity index (χ1) is 12.3. The van der Waals surface area contributed by atoms with Gasteiger partial charge in [-0.25, -0.2) is 0 Å². The fraction of sp³-hybridized carbons (Fsp3) is 0.579. The molecule has 0 bridgehead atoms. The Balaban J connectivity index is 1.51. The fourth-order valence-corrected chi connectivity index (χ4v) is 4.01. The number of rotatable bonds is 4. The van der Waals surface area contributed by atoms with Crippen molar-refractivity contribution in [3.05, 3.63) is 51.7 Å². The number of aromatic nitrogens is 3. The van der Waals surface area contributed by atoms with Crippen LogP contribution >= 0.6 is 0 Å². The number of aromatic amines is 1. The first kappa shape index (κ1) is 16.5. The van der Waals surface area contributed by atoms with E-state index in [1.165, 1.54) is 16.8 Å². The Kier molecular flexibility index (Phi) is 4.99. The summed E-state index contributed by atoms with van der Waals surface area (Å²) in [5.41, 5.74) is 3.94. The number of hydrogen-bond donors (Lipinski definition) is 1. The molecule has 0 amide bonds. The summed E-state index contributed by atoms with van der Waals surface area (Å²) >= 11 is 0. The molecule has 0 atom stereocenters. The molecule has 2 aromatic heterocycles. The van der Waals surface area contributed by atoms with E-state index in [9.17, 15) is 4.79 Å². The number of ether oxygens (including phenoxy) is 1. The summed E-state index contributed by atoms with van der Waals surface area (Å²) in [4.78, 5) is 15.0. The van der Waals surface area contributed by atoms with Crippen molar-refractivity contribution in [2.75, 3.05) is 26.3 Å². The molecule has 4 heterocycles. The molecule has 134 valence electrons. The number of H-pyrrole nitrogens is 1. The maximum Gasteiger partial charge on any atom is 0.250 e. The second-order valence-corrected chi connectivity index (χ2v) is 7.19. The normalized spacial score (nSPS) is 19.5. The third kappa shape index (κ3) is 3.85. The summed E-state index contributed by atoms with van der Waals surface area (Å²) in [6, 6.07) is 3.80. The van der Waals surface area contributed by atoms with Crippen LogP contribution < -0.4 is 5.56 Å². The van der Waals surface area contributed by atoms with Gasteiger partial charge in [0.15, 0.2) is 0 Å². The summed E-state index contributed by atoms with van der Waals surface area (Å²) in [7, 11) is 0. The van der Waals surface area contributed by atoms with Crippen molar-refractivity contribution in [2.45, 2.75) is 38.8 Å². The van der Waals surface area contributed by atoms with Crippen molar-refractivity contribution >= 4 is 0 Å². The minimum Gasteiger partial charge on any atom is -0.381 e. The molecule has 6 heteroatoms. The monoisotopic (exact) mass is 342 g/mol. The molecule has 1 N–H and O–H groups in total. The van der Waals surface area contributed by atoms with Gasteiger partial charge in [-0.1, -0.05) is 6.07 Å². The van der Waals surface area contributed by atoms with Gasteiger partial charge in [0.2, 0.25) is 0 Å². The molecule has 1 fully saturated rings. The van der Waals surface area contributed by atoms with E-state index in [1.54, 1.807) is 6.07 Å². The molecular weight excluding hydrogens is 316 g/mol. The van der Waals surface area contributed by atoms with E-state index >= 15 is 0 Å². The lowest BCUT2D eigenvalue weighted by Crippen LogP contribution is -2.30. The number of nitrogens with zero attached hydrogens (tertiary/aromatic N) is 3. The quantitative estimate of drug-likeness (QED) is 0.917. The number of fused-ring (bicyclic) bond motifs is 1. The summed E-state index contributed by atoms with van der Waals surface area (Å²) in [5.74, 6) is 0.559. The van der Waals surface area contributed by atoms with Crippen molar-refractivity contribution in [3.63, 3.8) is 0 Å². The Bertz CT molecular complexity index is 747. The van der Waals surface area contributed by atoms with Gasteiger partial charge >= 0.3 is 0 Å². The Labute approximate surface area is 147 Å². The summed E-state index contributed by atoms with van der Waals surface area (Å²) in [6.07, 6.45) is 7.90. The van der Waals surface area contributed by atoms with E-state index in [1.807, 2.05) is 23.0 Å². The van der Waals surface area contributed by atoms with Crippen LogP contribution in [0.3, 0.4) is 0 Å². The minimum absolute atomic E-state index is 0.147. The maximum atomic E-state index is 12.5. The highest BCUT2D eigenvalue weighted by molar-refractivity contribution is 5.24. The van der Waals surface area contributed by atoms with Crippen LogP contribution in [0.4, 0.5) is 0 Å². The Hall–Kier alpha value is -1.92. The Morgan fingerprint density at radius 3 is 2.84 bits per heavy atom. The second-order valence-electron chi connectivity index (χ2n) is 7.19. The predicted molar refractivity (Wildman–Crippen MR) is 95.5 cm³/mol. The highest BCUT2D eigenvalue weighted by atomic mass is 16.5. The van der Waals surface area contributed by atoms with E-state index < -0.39 is 0 Å². The average molecular weight is 342 g/mol. The summed E-state index contributed by atoms with van der Waals surface area (Å²) in [5, 5.41) is 6.92. The molecule has 0 aromatic carbocycles. The second kappa shape index (κ2) is 7.54. The number of hydrogen-bond acceptors (Lipinski definition) is 4. The standard InChI is InChI=1S/C19H26N4O2/c24-19-2-1-17-3-7-22(13-16-11-20-21-12-16)8-4-18(17)23(19)14-15-5-9-25-10-6-15/h1-2,11-12,15H,3-10,13-14H2,(H,20,21). The third-order valence-corrected chi connectivity index (χ3v) is 5.49. The van der Waals surface area contributed by atoms with Gasteiger partial charge in [-0.15, -0.1) is 0 Å². The van der Waals surface area contributed by atoms with Crippen LogP contribution in [0.5, 0.6) is 0 Å². The van der Waals surface area contributed by atoms with Gasteiger partial charge in [0.1, 0.15) is 0 Å².